The Bertz CT molecular complexity index is 1360. The average Bonchev–Trinajstić information content (AvgIpc) is 2.84. The standard InChI is InChI=1S/C31H27NO/c1-21-17-18-28(23(3)19-21)32-20-27-30(25-14-8-7-11-22(25)2)26-15-9-10-16-29(26)33-31(27)24-12-5-4-6-13-24/h4-20,30H,1-3H3. The van der Waals surface area contributed by atoms with Crippen LogP contribution in [0.4, 0.5) is 5.69 Å². The van der Waals surface area contributed by atoms with Crippen molar-refractivity contribution in [3.8, 4) is 5.75 Å². The molecule has 0 aromatic heterocycles. The quantitative estimate of drug-likeness (QED) is 0.302. The fourth-order valence-electron chi connectivity index (χ4n) is 4.56. The molecule has 162 valence electrons. The third-order valence-corrected chi connectivity index (χ3v) is 6.25. The van der Waals surface area contributed by atoms with Crippen LogP contribution < -0.4 is 4.74 Å². The number of nitrogens with zero attached hydrogens (tertiary/aromatic N) is 1. The second kappa shape index (κ2) is 8.91. The van der Waals surface area contributed by atoms with Crippen molar-refractivity contribution in [2.24, 2.45) is 4.99 Å². The van der Waals surface area contributed by atoms with Crippen LogP contribution in [0.3, 0.4) is 0 Å². The van der Waals surface area contributed by atoms with Gasteiger partial charge in [-0.25, -0.2) is 0 Å². The summed E-state index contributed by atoms with van der Waals surface area (Å²) >= 11 is 0. The molecule has 2 heteroatoms. The summed E-state index contributed by atoms with van der Waals surface area (Å²) in [6.45, 7) is 6.39. The van der Waals surface area contributed by atoms with Crippen LogP contribution >= 0.6 is 0 Å². The first-order chi connectivity index (χ1) is 16.1. The molecule has 5 rings (SSSR count). The van der Waals surface area contributed by atoms with Crippen LogP contribution in [-0.4, -0.2) is 6.21 Å². The van der Waals surface area contributed by atoms with Gasteiger partial charge in [0, 0.05) is 28.8 Å². The Morgan fingerprint density at radius 2 is 1.39 bits per heavy atom. The topological polar surface area (TPSA) is 21.6 Å². The van der Waals surface area contributed by atoms with E-state index in [2.05, 4.69) is 93.6 Å². The number of allylic oxidation sites excluding steroid dienone is 1. The van der Waals surface area contributed by atoms with Crippen molar-refractivity contribution in [3.63, 3.8) is 0 Å². The van der Waals surface area contributed by atoms with E-state index in [9.17, 15) is 0 Å². The number of hydrogen-bond acceptors (Lipinski definition) is 2. The summed E-state index contributed by atoms with van der Waals surface area (Å²) in [6.07, 6.45) is 2.01. The largest absolute Gasteiger partial charge is 0.456 e. The number of benzene rings is 4. The molecule has 0 saturated carbocycles. The Kier molecular flexibility index (Phi) is 5.66. The Labute approximate surface area is 195 Å². The summed E-state index contributed by atoms with van der Waals surface area (Å²) in [6, 6.07) is 33.6. The number of fused-ring (bicyclic) bond motifs is 1. The Morgan fingerprint density at radius 1 is 0.697 bits per heavy atom. The zero-order chi connectivity index (χ0) is 22.8. The third-order valence-electron chi connectivity index (χ3n) is 6.25. The van der Waals surface area contributed by atoms with Crippen molar-refractivity contribution in [1.82, 2.24) is 0 Å². The molecule has 0 spiro atoms. The summed E-state index contributed by atoms with van der Waals surface area (Å²) in [5, 5.41) is 0. The van der Waals surface area contributed by atoms with E-state index in [4.69, 9.17) is 9.73 Å². The highest BCUT2D eigenvalue weighted by Crippen LogP contribution is 2.46. The van der Waals surface area contributed by atoms with Crippen LogP contribution in [0.2, 0.25) is 0 Å². The fraction of sp³-hybridized carbons (Fsp3) is 0.129. The number of aliphatic imine (C=N–C) groups is 1. The highest BCUT2D eigenvalue weighted by atomic mass is 16.5. The van der Waals surface area contributed by atoms with Gasteiger partial charge in [0.2, 0.25) is 0 Å². The molecule has 1 unspecified atom stereocenters. The van der Waals surface area contributed by atoms with Gasteiger partial charge >= 0.3 is 0 Å². The lowest BCUT2D eigenvalue weighted by Gasteiger charge is -2.30. The highest BCUT2D eigenvalue weighted by molar-refractivity contribution is 5.95. The smallest absolute Gasteiger partial charge is 0.140 e. The number of ether oxygens (including phenoxy) is 1. The number of rotatable bonds is 4. The molecule has 2 nitrogen and oxygen atoms in total. The molecular formula is C31H27NO. The molecule has 4 aromatic carbocycles. The lowest BCUT2D eigenvalue weighted by Crippen LogP contribution is -2.18. The normalized spacial score (nSPS) is 15.4. The number of para-hydroxylation sites is 1. The van der Waals surface area contributed by atoms with E-state index < -0.39 is 0 Å². The predicted octanol–water partition coefficient (Wildman–Crippen LogP) is 7.95. The van der Waals surface area contributed by atoms with Gasteiger partial charge in [-0.15, -0.1) is 0 Å². The zero-order valence-corrected chi connectivity index (χ0v) is 19.2. The van der Waals surface area contributed by atoms with Crippen LogP contribution in [0.1, 0.15) is 39.3 Å². The molecule has 4 aromatic rings. The van der Waals surface area contributed by atoms with Gasteiger partial charge < -0.3 is 4.74 Å². The van der Waals surface area contributed by atoms with Gasteiger partial charge in [-0.1, -0.05) is 90.5 Å². The van der Waals surface area contributed by atoms with Crippen molar-refractivity contribution in [2.45, 2.75) is 26.7 Å². The number of hydrogen-bond donors (Lipinski definition) is 0. The van der Waals surface area contributed by atoms with E-state index in [1.807, 2.05) is 30.5 Å². The molecule has 0 amide bonds. The van der Waals surface area contributed by atoms with Crippen LogP contribution in [-0.2, 0) is 0 Å². The van der Waals surface area contributed by atoms with Gasteiger partial charge in [0.15, 0.2) is 0 Å². The SMILES string of the molecule is Cc1ccc(N=CC2=C(c3ccccc3)Oc3ccccc3C2c2ccccc2C)c(C)c1. The molecule has 0 saturated heterocycles. The van der Waals surface area contributed by atoms with Gasteiger partial charge in [-0.2, -0.15) is 0 Å². The molecule has 33 heavy (non-hydrogen) atoms. The highest BCUT2D eigenvalue weighted by Gasteiger charge is 2.31. The minimum Gasteiger partial charge on any atom is -0.456 e. The predicted molar refractivity (Wildman–Crippen MR) is 138 cm³/mol. The van der Waals surface area contributed by atoms with Crippen LogP contribution in [0.5, 0.6) is 5.75 Å². The van der Waals surface area contributed by atoms with Crippen LogP contribution in [0.25, 0.3) is 5.76 Å². The van der Waals surface area contributed by atoms with E-state index in [1.165, 1.54) is 16.7 Å². The van der Waals surface area contributed by atoms with Gasteiger partial charge in [-0.3, -0.25) is 4.99 Å². The van der Waals surface area contributed by atoms with Gasteiger partial charge in [-0.05, 0) is 49.6 Å². The molecule has 0 fully saturated rings. The van der Waals surface area contributed by atoms with E-state index in [1.54, 1.807) is 0 Å². The van der Waals surface area contributed by atoms with Crippen molar-refractivity contribution < 1.29 is 4.74 Å². The first-order valence-corrected chi connectivity index (χ1v) is 11.3. The Hall–Kier alpha value is -3.91. The van der Waals surface area contributed by atoms with E-state index in [0.717, 1.165) is 39.5 Å². The summed E-state index contributed by atoms with van der Waals surface area (Å²) in [5.74, 6) is 1.78. The van der Waals surface area contributed by atoms with Crippen molar-refractivity contribution >= 4 is 17.7 Å². The maximum absolute atomic E-state index is 6.55. The van der Waals surface area contributed by atoms with Gasteiger partial charge in [0.25, 0.3) is 0 Å². The van der Waals surface area contributed by atoms with E-state index in [-0.39, 0.29) is 5.92 Å². The van der Waals surface area contributed by atoms with Gasteiger partial charge in [0.1, 0.15) is 11.5 Å². The lowest BCUT2D eigenvalue weighted by atomic mass is 9.80. The molecule has 0 N–H and O–H groups in total. The van der Waals surface area contributed by atoms with E-state index >= 15 is 0 Å². The lowest BCUT2D eigenvalue weighted by molar-refractivity contribution is 0.489. The first kappa shape index (κ1) is 21.0. The van der Waals surface area contributed by atoms with Crippen molar-refractivity contribution in [2.75, 3.05) is 0 Å². The molecule has 0 bridgehead atoms. The molecular weight excluding hydrogens is 402 g/mol. The Morgan fingerprint density at radius 3 is 2.15 bits per heavy atom. The average molecular weight is 430 g/mol. The maximum atomic E-state index is 6.55. The summed E-state index contributed by atoms with van der Waals surface area (Å²) in [7, 11) is 0. The molecule has 1 aliphatic rings. The van der Waals surface area contributed by atoms with Crippen molar-refractivity contribution in [3.05, 3.63) is 136 Å². The zero-order valence-electron chi connectivity index (χ0n) is 19.2. The van der Waals surface area contributed by atoms with Crippen LogP contribution in [0.15, 0.2) is 108 Å². The molecule has 1 aliphatic heterocycles. The second-order valence-corrected chi connectivity index (χ2v) is 8.63. The summed E-state index contributed by atoms with van der Waals surface area (Å²) in [5.41, 5.74) is 9.17. The molecule has 1 heterocycles. The fourth-order valence-corrected chi connectivity index (χ4v) is 4.56. The molecule has 1 atom stereocenters. The minimum atomic E-state index is 0.0286. The Balaban J connectivity index is 1.75. The van der Waals surface area contributed by atoms with E-state index in [0.29, 0.717) is 0 Å². The third kappa shape index (κ3) is 4.12. The van der Waals surface area contributed by atoms with Crippen molar-refractivity contribution in [1.29, 1.82) is 0 Å². The summed E-state index contributed by atoms with van der Waals surface area (Å²) < 4.78 is 6.55. The van der Waals surface area contributed by atoms with Gasteiger partial charge in [0.05, 0.1) is 5.69 Å². The molecule has 0 radical (unpaired) electrons. The minimum absolute atomic E-state index is 0.0286. The first-order valence-electron chi connectivity index (χ1n) is 11.3. The summed E-state index contributed by atoms with van der Waals surface area (Å²) in [4.78, 5) is 4.96. The maximum Gasteiger partial charge on any atom is 0.140 e. The van der Waals surface area contributed by atoms with Crippen LogP contribution in [0, 0.1) is 20.8 Å². The second-order valence-electron chi connectivity index (χ2n) is 8.63. The number of aryl methyl sites for hydroxylation is 3. The molecule has 0 aliphatic carbocycles. The monoisotopic (exact) mass is 429 g/mol.